The standard InChI is InChI=1S/C15H12N4O2/c1-9(16)19-15(21)14-12(20)4-3-11(17-2)13(14)10-5-7-18-8-6-10/h3-8,20H,1H3,(H2,16,19,21). The molecule has 6 heteroatoms. The Kier molecular flexibility index (Phi) is 3.95. The quantitative estimate of drug-likeness (QED) is 0.502. The average molecular weight is 280 g/mol. The first-order valence-corrected chi connectivity index (χ1v) is 6.03. The molecular formula is C15H12N4O2. The van der Waals surface area contributed by atoms with E-state index < -0.39 is 5.91 Å². The van der Waals surface area contributed by atoms with Crippen LogP contribution >= 0.6 is 0 Å². The van der Waals surface area contributed by atoms with Crippen molar-refractivity contribution in [2.24, 2.45) is 10.7 Å². The second-order valence-corrected chi connectivity index (χ2v) is 4.26. The minimum absolute atomic E-state index is 0.0421. The monoisotopic (exact) mass is 280 g/mol. The molecule has 2 rings (SSSR count). The smallest absolute Gasteiger partial charge is 0.281 e. The molecule has 0 radical (unpaired) electrons. The molecule has 104 valence electrons. The highest BCUT2D eigenvalue weighted by molar-refractivity contribution is 6.10. The molecule has 1 amide bonds. The number of hydrogen-bond donors (Lipinski definition) is 2. The second-order valence-electron chi connectivity index (χ2n) is 4.26. The van der Waals surface area contributed by atoms with Gasteiger partial charge in [-0.1, -0.05) is 6.07 Å². The van der Waals surface area contributed by atoms with Crippen LogP contribution in [0, 0.1) is 6.57 Å². The van der Waals surface area contributed by atoms with Crippen LogP contribution in [-0.2, 0) is 0 Å². The number of phenols is 1. The van der Waals surface area contributed by atoms with Gasteiger partial charge in [-0.3, -0.25) is 9.78 Å². The first-order valence-electron chi connectivity index (χ1n) is 6.03. The molecule has 0 saturated heterocycles. The molecule has 0 aliphatic heterocycles. The minimum atomic E-state index is -0.690. The van der Waals surface area contributed by atoms with Crippen LogP contribution in [0.5, 0.6) is 5.75 Å². The highest BCUT2D eigenvalue weighted by Crippen LogP contribution is 2.38. The number of hydrogen-bond acceptors (Lipinski definition) is 3. The molecule has 0 saturated carbocycles. The van der Waals surface area contributed by atoms with E-state index in [2.05, 4.69) is 14.8 Å². The van der Waals surface area contributed by atoms with Gasteiger partial charge in [0.2, 0.25) is 0 Å². The number of amides is 1. The lowest BCUT2D eigenvalue weighted by Crippen LogP contribution is -2.10. The largest absolute Gasteiger partial charge is 0.507 e. The number of rotatable bonds is 2. The number of nitrogens with two attached hydrogens (primary N) is 1. The molecule has 3 N–H and O–H groups in total. The number of aromatic nitrogens is 1. The normalized spacial score (nSPS) is 11.0. The third kappa shape index (κ3) is 2.87. The number of phenolic OH excluding ortho intramolecular Hbond substituents is 1. The molecule has 0 aliphatic rings. The fraction of sp³-hybridized carbons (Fsp3) is 0.0667. The highest BCUT2D eigenvalue weighted by atomic mass is 16.3. The van der Waals surface area contributed by atoms with Crippen molar-refractivity contribution in [3.05, 3.63) is 53.6 Å². The Morgan fingerprint density at radius 1 is 1.33 bits per heavy atom. The molecule has 1 heterocycles. The Hall–Kier alpha value is -3.20. The molecule has 0 aliphatic carbocycles. The van der Waals surface area contributed by atoms with Crippen LogP contribution in [0.15, 0.2) is 41.7 Å². The molecule has 0 fully saturated rings. The van der Waals surface area contributed by atoms with Crippen LogP contribution in [0.4, 0.5) is 5.69 Å². The zero-order valence-electron chi connectivity index (χ0n) is 11.2. The molecule has 6 nitrogen and oxygen atoms in total. The van der Waals surface area contributed by atoms with Gasteiger partial charge < -0.3 is 10.8 Å². The molecule has 1 aromatic carbocycles. The van der Waals surface area contributed by atoms with E-state index in [1.807, 2.05) is 0 Å². The van der Waals surface area contributed by atoms with E-state index in [-0.39, 0.29) is 22.8 Å². The van der Waals surface area contributed by atoms with Gasteiger partial charge in [-0.15, -0.1) is 0 Å². The van der Waals surface area contributed by atoms with Gasteiger partial charge in [0.15, 0.2) is 5.69 Å². The summed E-state index contributed by atoms with van der Waals surface area (Å²) in [5.41, 5.74) is 6.54. The highest BCUT2D eigenvalue weighted by Gasteiger charge is 2.20. The SMILES string of the molecule is [C-]#[N+]c1ccc(O)c(C(=O)N=C(C)N)c1-c1ccncc1. The molecular weight excluding hydrogens is 268 g/mol. The zero-order valence-corrected chi connectivity index (χ0v) is 11.2. The maximum absolute atomic E-state index is 12.2. The Balaban J connectivity index is 2.78. The van der Waals surface area contributed by atoms with E-state index in [1.165, 1.54) is 19.1 Å². The maximum atomic E-state index is 12.2. The van der Waals surface area contributed by atoms with Crippen LogP contribution in [0.3, 0.4) is 0 Å². The van der Waals surface area contributed by atoms with Crippen LogP contribution < -0.4 is 5.73 Å². The Morgan fingerprint density at radius 3 is 2.57 bits per heavy atom. The molecule has 0 bridgehead atoms. The fourth-order valence-electron chi connectivity index (χ4n) is 1.92. The van der Waals surface area contributed by atoms with Crippen LogP contribution in [0.2, 0.25) is 0 Å². The summed E-state index contributed by atoms with van der Waals surface area (Å²) in [4.78, 5) is 23.1. The summed E-state index contributed by atoms with van der Waals surface area (Å²) in [6.07, 6.45) is 3.08. The number of pyridine rings is 1. The molecule has 0 unspecified atom stereocenters. The third-order valence-electron chi connectivity index (χ3n) is 2.74. The third-order valence-corrected chi connectivity index (χ3v) is 2.74. The number of nitrogens with zero attached hydrogens (tertiary/aromatic N) is 3. The van der Waals surface area contributed by atoms with Gasteiger partial charge in [-0.05, 0) is 30.7 Å². The lowest BCUT2D eigenvalue weighted by molar-refractivity contribution is 0.100. The lowest BCUT2D eigenvalue weighted by Gasteiger charge is -2.11. The molecule has 1 aromatic heterocycles. The van der Waals surface area contributed by atoms with Crippen LogP contribution in [0.25, 0.3) is 16.0 Å². The summed E-state index contributed by atoms with van der Waals surface area (Å²) >= 11 is 0. The molecule has 0 atom stereocenters. The summed E-state index contributed by atoms with van der Waals surface area (Å²) < 4.78 is 0. The van der Waals surface area contributed by atoms with E-state index in [9.17, 15) is 9.90 Å². The Labute approximate surface area is 121 Å². The first-order chi connectivity index (χ1) is 10.0. The van der Waals surface area contributed by atoms with Crippen molar-refractivity contribution in [3.63, 3.8) is 0 Å². The van der Waals surface area contributed by atoms with Crippen molar-refractivity contribution in [1.82, 2.24) is 4.98 Å². The van der Waals surface area contributed by atoms with Gasteiger partial charge in [-0.2, -0.15) is 4.99 Å². The van der Waals surface area contributed by atoms with Gasteiger partial charge in [0, 0.05) is 18.0 Å². The topological polar surface area (TPSA) is 92.9 Å². The van der Waals surface area contributed by atoms with E-state index >= 15 is 0 Å². The second kappa shape index (κ2) is 5.84. The van der Waals surface area contributed by atoms with Crippen molar-refractivity contribution >= 4 is 17.4 Å². The van der Waals surface area contributed by atoms with Gasteiger partial charge in [-0.25, -0.2) is 4.85 Å². The summed E-state index contributed by atoms with van der Waals surface area (Å²) in [5, 5.41) is 10.0. The van der Waals surface area contributed by atoms with Crippen LogP contribution in [-0.4, -0.2) is 21.8 Å². The molecule has 0 spiro atoms. The van der Waals surface area contributed by atoms with Gasteiger partial charge >= 0.3 is 0 Å². The number of benzene rings is 1. The zero-order chi connectivity index (χ0) is 15.4. The lowest BCUT2D eigenvalue weighted by atomic mass is 9.97. The van der Waals surface area contributed by atoms with Crippen molar-refractivity contribution in [2.45, 2.75) is 6.92 Å². The summed E-state index contributed by atoms with van der Waals surface area (Å²) in [6.45, 7) is 8.71. The van der Waals surface area contributed by atoms with Gasteiger partial charge in [0.1, 0.15) is 11.6 Å². The summed E-state index contributed by atoms with van der Waals surface area (Å²) in [5.74, 6) is -0.859. The number of carbonyl (C=O) groups excluding carboxylic acids is 1. The van der Waals surface area contributed by atoms with Gasteiger partial charge in [0.05, 0.1) is 12.1 Å². The van der Waals surface area contributed by atoms with E-state index in [1.54, 1.807) is 24.5 Å². The van der Waals surface area contributed by atoms with Gasteiger partial charge in [0.25, 0.3) is 5.91 Å². The van der Waals surface area contributed by atoms with E-state index in [4.69, 9.17) is 12.3 Å². The number of carbonyl (C=O) groups is 1. The van der Waals surface area contributed by atoms with Crippen LogP contribution in [0.1, 0.15) is 17.3 Å². The summed E-state index contributed by atoms with van der Waals surface area (Å²) in [7, 11) is 0. The minimum Gasteiger partial charge on any atom is -0.507 e. The Bertz CT molecular complexity index is 757. The van der Waals surface area contributed by atoms with E-state index in [0.29, 0.717) is 11.1 Å². The fourth-order valence-corrected chi connectivity index (χ4v) is 1.92. The van der Waals surface area contributed by atoms with Crippen molar-refractivity contribution < 1.29 is 9.90 Å². The number of amidine groups is 1. The number of aromatic hydroxyl groups is 1. The van der Waals surface area contributed by atoms with Crippen molar-refractivity contribution in [2.75, 3.05) is 0 Å². The average Bonchev–Trinajstić information content (AvgIpc) is 2.46. The van der Waals surface area contributed by atoms with E-state index in [0.717, 1.165) is 0 Å². The molecule has 2 aromatic rings. The van der Waals surface area contributed by atoms with Crippen molar-refractivity contribution in [1.29, 1.82) is 0 Å². The number of aliphatic imine (C=N–C) groups is 1. The predicted octanol–water partition coefficient (Wildman–Crippen LogP) is 2.52. The maximum Gasteiger partial charge on any atom is 0.281 e. The summed E-state index contributed by atoms with van der Waals surface area (Å²) in [6, 6.07) is 6.05. The molecule has 21 heavy (non-hydrogen) atoms. The Morgan fingerprint density at radius 2 is 2.00 bits per heavy atom. The van der Waals surface area contributed by atoms with Crippen molar-refractivity contribution in [3.8, 4) is 16.9 Å². The predicted molar refractivity (Wildman–Crippen MR) is 79.2 cm³/mol. The first kappa shape index (κ1) is 14.2.